The summed E-state index contributed by atoms with van der Waals surface area (Å²) in [6, 6.07) is 15.7. The van der Waals surface area contributed by atoms with Crippen LogP contribution < -0.4 is 14.9 Å². The molecule has 6 nitrogen and oxygen atoms in total. The van der Waals surface area contributed by atoms with Gasteiger partial charge >= 0.3 is 10.2 Å². The molecular formula is C20H28N4O2S. The van der Waals surface area contributed by atoms with E-state index >= 15 is 0 Å². The summed E-state index contributed by atoms with van der Waals surface area (Å²) in [4.78, 5) is 2.44. The van der Waals surface area contributed by atoms with Gasteiger partial charge in [0.15, 0.2) is 0 Å². The molecule has 1 heterocycles. The van der Waals surface area contributed by atoms with Crippen LogP contribution in [0.15, 0.2) is 48.5 Å². The van der Waals surface area contributed by atoms with Crippen LogP contribution in [-0.4, -0.2) is 39.9 Å². The van der Waals surface area contributed by atoms with Crippen molar-refractivity contribution in [1.82, 2.24) is 4.31 Å². The van der Waals surface area contributed by atoms with Gasteiger partial charge in [-0.2, -0.15) is 12.7 Å². The molecule has 0 aromatic heterocycles. The Balaban J connectivity index is 1.60. The molecule has 1 saturated heterocycles. The van der Waals surface area contributed by atoms with Gasteiger partial charge in [0.2, 0.25) is 0 Å². The fourth-order valence-electron chi connectivity index (χ4n) is 3.05. The van der Waals surface area contributed by atoms with Gasteiger partial charge in [-0.15, -0.1) is 0 Å². The summed E-state index contributed by atoms with van der Waals surface area (Å²) in [7, 11) is -0.499. The maximum Gasteiger partial charge on any atom is 0.301 e. The lowest BCUT2D eigenvalue weighted by atomic mass is 9.99. The molecule has 0 spiro atoms. The van der Waals surface area contributed by atoms with Gasteiger partial charge in [-0.05, 0) is 67.3 Å². The first-order valence-electron chi connectivity index (χ1n) is 9.26. The van der Waals surface area contributed by atoms with Crippen LogP contribution in [0.2, 0.25) is 0 Å². The normalized spacial score (nSPS) is 15.8. The number of piperidine rings is 1. The topological polar surface area (TPSA) is 64.7 Å². The van der Waals surface area contributed by atoms with Crippen LogP contribution in [-0.2, 0) is 10.2 Å². The number of benzene rings is 2. The average molecular weight is 389 g/mol. The van der Waals surface area contributed by atoms with Gasteiger partial charge in [0.1, 0.15) is 0 Å². The summed E-state index contributed by atoms with van der Waals surface area (Å²) in [5, 5.41) is 3.35. The zero-order valence-electron chi connectivity index (χ0n) is 16.1. The fourth-order valence-corrected chi connectivity index (χ4v) is 3.67. The Hall–Kier alpha value is -2.25. The van der Waals surface area contributed by atoms with Crippen molar-refractivity contribution in [3.8, 4) is 0 Å². The number of hydrogen-bond donors (Lipinski definition) is 2. The molecule has 27 heavy (non-hydrogen) atoms. The third-order valence-electron chi connectivity index (χ3n) is 4.92. The minimum Gasteiger partial charge on any atom is -0.372 e. The standard InChI is InChI=1S/C20H28N4O2S/c1-16-12-14-24(15-13-16)20-10-8-18(9-11-20)21-17-4-6-19(7-5-17)22-27(25,26)23(2)3/h4-11,16,21-22H,12-15H2,1-3H3. The molecule has 3 rings (SSSR count). The second kappa shape index (κ2) is 8.19. The zero-order valence-corrected chi connectivity index (χ0v) is 17.0. The highest BCUT2D eigenvalue weighted by Gasteiger charge is 2.16. The summed E-state index contributed by atoms with van der Waals surface area (Å²) in [6.07, 6.45) is 2.51. The monoisotopic (exact) mass is 388 g/mol. The molecule has 1 fully saturated rings. The number of nitrogens with one attached hydrogen (secondary N) is 2. The Kier molecular flexibility index (Phi) is 5.92. The molecule has 7 heteroatoms. The first-order chi connectivity index (χ1) is 12.8. The Morgan fingerprint density at radius 1 is 0.889 bits per heavy atom. The molecule has 0 radical (unpaired) electrons. The predicted octanol–water partition coefficient (Wildman–Crippen LogP) is 3.88. The van der Waals surface area contributed by atoms with E-state index in [0.29, 0.717) is 5.69 Å². The van der Waals surface area contributed by atoms with Crippen molar-refractivity contribution in [1.29, 1.82) is 0 Å². The highest BCUT2D eigenvalue weighted by Crippen LogP contribution is 2.26. The van der Waals surface area contributed by atoms with Gasteiger partial charge in [0.05, 0.1) is 0 Å². The number of nitrogens with zero attached hydrogens (tertiary/aromatic N) is 2. The van der Waals surface area contributed by atoms with Crippen LogP contribution in [0.5, 0.6) is 0 Å². The van der Waals surface area contributed by atoms with E-state index in [4.69, 9.17) is 0 Å². The van der Waals surface area contributed by atoms with Crippen LogP contribution >= 0.6 is 0 Å². The SMILES string of the molecule is CC1CCN(c2ccc(Nc3ccc(NS(=O)(=O)N(C)C)cc3)cc2)CC1. The average Bonchev–Trinajstić information content (AvgIpc) is 2.64. The number of hydrogen-bond acceptors (Lipinski definition) is 4. The van der Waals surface area contributed by atoms with Gasteiger partial charge in [-0.1, -0.05) is 6.92 Å². The smallest absolute Gasteiger partial charge is 0.301 e. The van der Waals surface area contributed by atoms with Gasteiger partial charge in [0.25, 0.3) is 0 Å². The minimum atomic E-state index is -3.48. The Morgan fingerprint density at radius 2 is 1.37 bits per heavy atom. The molecule has 0 bridgehead atoms. The van der Waals surface area contributed by atoms with E-state index in [2.05, 4.69) is 46.1 Å². The number of anilines is 4. The first kappa shape index (κ1) is 19.5. The minimum absolute atomic E-state index is 0.531. The second-order valence-corrected chi connectivity index (χ2v) is 9.19. The van der Waals surface area contributed by atoms with Gasteiger partial charge in [-0.3, -0.25) is 4.72 Å². The lowest BCUT2D eigenvalue weighted by Gasteiger charge is -2.32. The van der Waals surface area contributed by atoms with E-state index in [9.17, 15) is 8.42 Å². The largest absolute Gasteiger partial charge is 0.372 e. The lowest BCUT2D eigenvalue weighted by Crippen LogP contribution is -2.32. The quantitative estimate of drug-likeness (QED) is 0.788. The van der Waals surface area contributed by atoms with E-state index in [1.165, 1.54) is 32.6 Å². The van der Waals surface area contributed by atoms with Crippen LogP contribution in [0.1, 0.15) is 19.8 Å². The fraction of sp³-hybridized carbons (Fsp3) is 0.400. The Labute approximate surface area is 162 Å². The molecule has 0 saturated carbocycles. The van der Waals surface area contributed by atoms with Crippen LogP contribution in [0.4, 0.5) is 22.7 Å². The van der Waals surface area contributed by atoms with E-state index in [1.54, 1.807) is 12.1 Å². The molecule has 1 aliphatic heterocycles. The molecular weight excluding hydrogens is 360 g/mol. The Morgan fingerprint density at radius 3 is 1.89 bits per heavy atom. The van der Waals surface area contributed by atoms with E-state index in [1.807, 2.05) is 12.1 Å². The predicted molar refractivity (Wildman–Crippen MR) is 113 cm³/mol. The highest BCUT2D eigenvalue weighted by atomic mass is 32.2. The third kappa shape index (κ3) is 5.14. The van der Waals surface area contributed by atoms with Crippen molar-refractivity contribution >= 4 is 33.0 Å². The maximum atomic E-state index is 11.9. The van der Waals surface area contributed by atoms with Gasteiger partial charge < -0.3 is 10.2 Å². The van der Waals surface area contributed by atoms with Crippen molar-refractivity contribution in [2.24, 2.45) is 5.92 Å². The summed E-state index contributed by atoms with van der Waals surface area (Å²) in [5.74, 6) is 0.826. The molecule has 2 aromatic rings. The molecule has 0 aliphatic carbocycles. The molecule has 2 aromatic carbocycles. The summed E-state index contributed by atoms with van der Waals surface area (Å²) in [5.41, 5.74) is 3.71. The molecule has 146 valence electrons. The van der Waals surface area contributed by atoms with Crippen molar-refractivity contribution < 1.29 is 8.42 Å². The van der Waals surface area contributed by atoms with Crippen molar-refractivity contribution in [2.45, 2.75) is 19.8 Å². The number of rotatable bonds is 6. The van der Waals surface area contributed by atoms with E-state index in [0.717, 1.165) is 34.7 Å². The molecule has 0 atom stereocenters. The lowest BCUT2D eigenvalue weighted by molar-refractivity contribution is 0.438. The highest BCUT2D eigenvalue weighted by molar-refractivity contribution is 7.90. The summed E-state index contributed by atoms with van der Waals surface area (Å²) < 4.78 is 27.4. The maximum absolute atomic E-state index is 11.9. The van der Waals surface area contributed by atoms with Gasteiger partial charge in [0, 0.05) is 49.9 Å². The molecule has 0 unspecified atom stereocenters. The van der Waals surface area contributed by atoms with Crippen molar-refractivity contribution in [3.05, 3.63) is 48.5 Å². The van der Waals surface area contributed by atoms with Crippen molar-refractivity contribution in [3.63, 3.8) is 0 Å². The van der Waals surface area contributed by atoms with Crippen LogP contribution in [0, 0.1) is 5.92 Å². The Bertz CT molecular complexity index is 841. The molecule has 0 amide bonds. The first-order valence-corrected chi connectivity index (χ1v) is 10.7. The third-order valence-corrected chi connectivity index (χ3v) is 6.37. The summed E-state index contributed by atoms with van der Waals surface area (Å²) in [6.45, 7) is 4.57. The van der Waals surface area contributed by atoms with E-state index < -0.39 is 10.2 Å². The molecule has 1 aliphatic rings. The summed E-state index contributed by atoms with van der Waals surface area (Å²) >= 11 is 0. The van der Waals surface area contributed by atoms with Crippen LogP contribution in [0.25, 0.3) is 0 Å². The molecule has 2 N–H and O–H groups in total. The van der Waals surface area contributed by atoms with Crippen molar-refractivity contribution in [2.75, 3.05) is 42.1 Å². The zero-order chi connectivity index (χ0) is 19.4. The second-order valence-electron chi connectivity index (χ2n) is 7.31. The van der Waals surface area contributed by atoms with Gasteiger partial charge in [-0.25, -0.2) is 0 Å². The van der Waals surface area contributed by atoms with E-state index in [-0.39, 0.29) is 0 Å². The van der Waals surface area contributed by atoms with Crippen LogP contribution in [0.3, 0.4) is 0 Å².